The summed E-state index contributed by atoms with van der Waals surface area (Å²) >= 11 is 6.12. The minimum atomic E-state index is -0.133. The number of hydrogen-bond acceptors (Lipinski definition) is 5. The summed E-state index contributed by atoms with van der Waals surface area (Å²) in [6.07, 6.45) is 1.66. The number of nitrogens with two attached hydrogens (primary N) is 2. The third kappa shape index (κ3) is 5.05. The van der Waals surface area contributed by atoms with E-state index in [0.29, 0.717) is 22.1 Å². The van der Waals surface area contributed by atoms with E-state index in [0.717, 1.165) is 22.4 Å². The van der Waals surface area contributed by atoms with Crippen LogP contribution in [-0.2, 0) is 4.79 Å². The molecule has 30 heavy (non-hydrogen) atoms. The summed E-state index contributed by atoms with van der Waals surface area (Å²) < 4.78 is 0. The fraction of sp³-hybridized carbons (Fsp3) is 0.0952. The van der Waals surface area contributed by atoms with Gasteiger partial charge in [0.05, 0.1) is 0 Å². The molecule has 0 spiro atoms. The fourth-order valence-electron chi connectivity index (χ4n) is 2.92. The summed E-state index contributed by atoms with van der Waals surface area (Å²) in [4.78, 5) is 15.5. The van der Waals surface area contributed by atoms with E-state index in [-0.39, 0.29) is 11.7 Å². The molecule has 1 amide bonds. The molecule has 0 fully saturated rings. The summed E-state index contributed by atoms with van der Waals surface area (Å²) in [5.74, 6) is 0.537. The summed E-state index contributed by atoms with van der Waals surface area (Å²) in [6, 6.07) is 14.7. The van der Waals surface area contributed by atoms with Gasteiger partial charge < -0.3 is 11.1 Å². The minimum Gasteiger partial charge on any atom is -0.383 e. The van der Waals surface area contributed by atoms with Crippen LogP contribution < -0.4 is 16.4 Å². The van der Waals surface area contributed by atoms with Gasteiger partial charge in [0.15, 0.2) is 0 Å². The van der Waals surface area contributed by atoms with Crippen molar-refractivity contribution in [3.63, 3.8) is 0 Å². The normalized spacial score (nSPS) is 11.2. The average molecular weight is 423 g/mol. The van der Waals surface area contributed by atoms with Crippen molar-refractivity contribution in [1.82, 2.24) is 4.98 Å². The average Bonchev–Trinajstić information content (AvgIpc) is 2.71. The monoisotopic (exact) mass is 422 g/mol. The molecule has 9 heteroatoms. The highest BCUT2D eigenvalue weighted by atomic mass is 35.5. The van der Waals surface area contributed by atoms with E-state index in [4.69, 9.17) is 22.9 Å². The third-order valence-corrected chi connectivity index (χ3v) is 4.66. The van der Waals surface area contributed by atoms with Crippen LogP contribution in [0.4, 0.5) is 17.2 Å². The van der Waals surface area contributed by atoms with Crippen molar-refractivity contribution < 1.29 is 10.1 Å². The molecular weight excluding hydrogens is 402 g/mol. The predicted molar refractivity (Wildman–Crippen MR) is 118 cm³/mol. The molecule has 0 bridgehead atoms. The molecule has 152 valence electrons. The number of hydrogen-bond donors (Lipinski definition) is 4. The lowest BCUT2D eigenvalue weighted by Gasteiger charge is -2.10. The van der Waals surface area contributed by atoms with Crippen LogP contribution in [0, 0.1) is 12.5 Å². The molecule has 1 heterocycles. The van der Waals surface area contributed by atoms with Gasteiger partial charge in [-0.05, 0) is 42.0 Å². The van der Waals surface area contributed by atoms with E-state index >= 15 is 0 Å². The Morgan fingerprint density at radius 3 is 2.57 bits per heavy atom. The van der Waals surface area contributed by atoms with E-state index in [2.05, 4.69) is 20.6 Å². The summed E-state index contributed by atoms with van der Waals surface area (Å²) in [5, 5.41) is 12.2. The van der Waals surface area contributed by atoms with Crippen molar-refractivity contribution in [2.45, 2.75) is 13.8 Å². The van der Waals surface area contributed by atoms with Gasteiger partial charge in [0, 0.05) is 41.0 Å². The summed E-state index contributed by atoms with van der Waals surface area (Å²) in [7, 11) is 0. The Labute approximate surface area is 178 Å². The van der Waals surface area contributed by atoms with Crippen LogP contribution in [-0.4, -0.2) is 16.7 Å². The molecule has 0 saturated carbocycles. The number of nitrogens with one attached hydrogen (secondary N) is 2. The molecule has 0 aliphatic carbocycles. The molecule has 0 aliphatic rings. The van der Waals surface area contributed by atoms with Crippen LogP contribution in [0.3, 0.4) is 0 Å². The smallest absolute Gasteiger partial charge is 0.261 e. The van der Waals surface area contributed by atoms with Gasteiger partial charge in [0.1, 0.15) is 17.1 Å². The SMILES string of the molecule is CC(=O)Nc1ccc(-c2cnc(N)c(/C(=N/N=N)[NH2+]c3cc(Cl)ccc3C)c2)cc1. The van der Waals surface area contributed by atoms with Crippen molar-refractivity contribution in [1.29, 1.82) is 5.53 Å². The quantitative estimate of drug-likeness (QED) is 0.163. The number of anilines is 2. The topological polar surface area (TPSA) is 133 Å². The van der Waals surface area contributed by atoms with Crippen LogP contribution in [0.1, 0.15) is 18.1 Å². The number of benzene rings is 2. The van der Waals surface area contributed by atoms with Gasteiger partial charge in [-0.3, -0.25) is 10.1 Å². The lowest BCUT2D eigenvalue weighted by molar-refractivity contribution is -0.443. The Bertz CT molecular complexity index is 1130. The molecule has 8 nitrogen and oxygen atoms in total. The van der Waals surface area contributed by atoms with E-state index in [1.165, 1.54) is 6.92 Å². The number of halogens is 1. The number of nitrogen functional groups attached to an aromatic ring is 1. The molecule has 0 atom stereocenters. The molecule has 2 aromatic carbocycles. The fourth-order valence-corrected chi connectivity index (χ4v) is 3.10. The zero-order chi connectivity index (χ0) is 21.7. The van der Waals surface area contributed by atoms with Crippen molar-refractivity contribution >= 4 is 40.5 Å². The zero-order valence-electron chi connectivity index (χ0n) is 16.5. The first-order valence-corrected chi connectivity index (χ1v) is 9.44. The van der Waals surface area contributed by atoms with E-state index in [1.807, 2.05) is 49.4 Å². The Morgan fingerprint density at radius 2 is 1.90 bits per heavy atom. The zero-order valence-corrected chi connectivity index (χ0v) is 17.2. The van der Waals surface area contributed by atoms with Crippen molar-refractivity contribution in [2.75, 3.05) is 11.1 Å². The molecule has 3 aromatic rings. The van der Waals surface area contributed by atoms with Crippen LogP contribution in [0.25, 0.3) is 11.1 Å². The van der Waals surface area contributed by atoms with Gasteiger partial charge in [-0.2, -0.15) is 5.53 Å². The van der Waals surface area contributed by atoms with Gasteiger partial charge in [0.2, 0.25) is 5.91 Å². The number of rotatable bonds is 5. The Kier molecular flexibility index (Phi) is 6.51. The molecule has 0 radical (unpaired) electrons. The van der Waals surface area contributed by atoms with Gasteiger partial charge in [-0.25, -0.2) is 4.98 Å². The highest BCUT2D eigenvalue weighted by molar-refractivity contribution is 6.30. The first-order valence-electron chi connectivity index (χ1n) is 9.06. The van der Waals surface area contributed by atoms with E-state index in [1.54, 1.807) is 17.6 Å². The van der Waals surface area contributed by atoms with Crippen LogP contribution in [0.5, 0.6) is 0 Å². The standard InChI is InChI=1S/C21H20ClN7O/c1-12-3-6-16(22)10-19(12)27-21(28-29-24)18-9-15(11-25-20(18)23)14-4-7-17(8-5-14)26-13(2)30/h3-11H,1-2H3,(H2,23,25)(H,26,30)(H2,24,27,28)/p+1. The van der Waals surface area contributed by atoms with E-state index in [9.17, 15) is 4.79 Å². The number of quaternary nitrogens is 1. The first kappa shape index (κ1) is 21.1. The molecule has 0 saturated heterocycles. The molecule has 3 rings (SSSR count). The van der Waals surface area contributed by atoms with Crippen molar-refractivity contribution in [3.05, 3.63) is 70.9 Å². The molecule has 6 N–H and O–H groups in total. The first-order chi connectivity index (χ1) is 14.4. The van der Waals surface area contributed by atoms with Crippen molar-refractivity contribution in [3.8, 4) is 11.1 Å². The Balaban J connectivity index is 1.97. The number of carbonyl (C=O) groups excluding carboxylic acids is 1. The second-order valence-corrected chi connectivity index (χ2v) is 7.08. The lowest BCUT2D eigenvalue weighted by atomic mass is 10.0. The third-order valence-electron chi connectivity index (χ3n) is 4.42. The summed E-state index contributed by atoms with van der Waals surface area (Å²) in [5.41, 5.74) is 18.1. The van der Waals surface area contributed by atoms with Crippen LogP contribution in [0.2, 0.25) is 5.02 Å². The largest absolute Gasteiger partial charge is 0.383 e. The van der Waals surface area contributed by atoms with Crippen molar-refractivity contribution in [2.24, 2.45) is 10.3 Å². The number of aromatic nitrogens is 1. The van der Waals surface area contributed by atoms with Crippen LogP contribution >= 0.6 is 11.6 Å². The lowest BCUT2D eigenvalue weighted by Crippen LogP contribution is -2.82. The molecule has 1 aromatic heterocycles. The number of pyridine rings is 1. The van der Waals surface area contributed by atoms with Gasteiger partial charge in [-0.15, -0.1) is 0 Å². The Morgan fingerprint density at radius 1 is 1.17 bits per heavy atom. The second kappa shape index (κ2) is 9.25. The second-order valence-electron chi connectivity index (χ2n) is 6.65. The number of carbonyl (C=O) groups is 1. The number of nitrogens with zero attached hydrogens (tertiary/aromatic N) is 3. The summed E-state index contributed by atoms with van der Waals surface area (Å²) in [6.45, 7) is 3.41. The number of amides is 1. The maximum absolute atomic E-state index is 11.2. The molecular formula is C21H21ClN7O+. The Hall–Kier alpha value is -3.62. The maximum atomic E-state index is 11.2. The van der Waals surface area contributed by atoms with Gasteiger partial charge >= 0.3 is 0 Å². The van der Waals surface area contributed by atoms with E-state index < -0.39 is 0 Å². The van der Waals surface area contributed by atoms with Gasteiger partial charge in [-0.1, -0.05) is 34.9 Å². The maximum Gasteiger partial charge on any atom is 0.261 e. The molecule has 0 aliphatic heterocycles. The predicted octanol–water partition coefficient (Wildman–Crippen LogP) is 3.84. The van der Waals surface area contributed by atoms with Gasteiger partial charge in [0.25, 0.3) is 5.84 Å². The number of aryl methyl sites for hydroxylation is 1. The number of amidine groups is 1. The highest BCUT2D eigenvalue weighted by Gasteiger charge is 2.18. The minimum absolute atomic E-state index is 0.133. The van der Waals surface area contributed by atoms with Crippen LogP contribution in [0.15, 0.2) is 65.1 Å². The molecule has 0 unspecified atom stereocenters. The highest BCUT2D eigenvalue weighted by Crippen LogP contribution is 2.24.